The van der Waals surface area contributed by atoms with E-state index in [1.165, 1.54) is 32.4 Å². The Morgan fingerprint density at radius 3 is 2.30 bits per heavy atom. The number of benzene rings is 3. The van der Waals surface area contributed by atoms with Gasteiger partial charge < -0.3 is 14.2 Å². The third kappa shape index (κ3) is 5.57. The maximum atomic E-state index is 13.3. The number of carbonyl (C=O) groups is 4. The monoisotopic (exact) mass is 628 g/mol. The molecule has 11 heteroatoms. The Morgan fingerprint density at radius 1 is 0.919 bits per heavy atom. The molecule has 9 nitrogen and oxygen atoms in total. The van der Waals surface area contributed by atoms with Gasteiger partial charge in [-0.05, 0) is 70.5 Å². The summed E-state index contributed by atoms with van der Waals surface area (Å²) < 4.78 is 16.9. The number of nitrogens with one attached hydrogen (secondary N) is 1. The van der Waals surface area contributed by atoms with E-state index in [-0.39, 0.29) is 28.1 Å². The molecule has 0 spiro atoms. The van der Waals surface area contributed by atoms with E-state index < -0.39 is 23.8 Å². The number of carbonyl (C=O) groups excluding carboxylic acids is 4. The Morgan fingerprint density at radius 2 is 1.62 bits per heavy atom. The minimum absolute atomic E-state index is 0.0712. The van der Waals surface area contributed by atoms with E-state index in [9.17, 15) is 19.2 Å². The first kappa shape index (κ1) is 26.1. The molecule has 37 heavy (non-hydrogen) atoms. The first-order chi connectivity index (χ1) is 17.7. The van der Waals surface area contributed by atoms with Gasteiger partial charge in [-0.1, -0.05) is 22.0 Å². The van der Waals surface area contributed by atoms with Crippen molar-refractivity contribution in [3.63, 3.8) is 0 Å². The summed E-state index contributed by atoms with van der Waals surface area (Å²) in [6, 6.07) is 14.9. The first-order valence-corrected chi connectivity index (χ1v) is 12.2. The molecule has 0 atom stereocenters. The van der Waals surface area contributed by atoms with Gasteiger partial charge in [0.05, 0.1) is 29.9 Å². The maximum absolute atomic E-state index is 13.3. The van der Waals surface area contributed by atoms with Crippen molar-refractivity contribution >= 4 is 67.4 Å². The fourth-order valence-corrected chi connectivity index (χ4v) is 4.81. The van der Waals surface area contributed by atoms with Crippen LogP contribution in [-0.4, -0.2) is 38.0 Å². The van der Waals surface area contributed by atoms with Gasteiger partial charge in [-0.15, -0.1) is 0 Å². The van der Waals surface area contributed by atoms with Gasteiger partial charge in [-0.25, -0.2) is 14.5 Å². The Hall–Kier alpha value is -3.96. The van der Waals surface area contributed by atoms with E-state index in [0.29, 0.717) is 20.4 Å². The van der Waals surface area contributed by atoms with Crippen molar-refractivity contribution in [2.24, 2.45) is 0 Å². The number of esters is 1. The predicted octanol–water partition coefficient (Wildman–Crippen LogP) is 5.11. The molecule has 1 fully saturated rings. The topological polar surface area (TPSA) is 111 Å². The molecular weight excluding hydrogens is 612 g/mol. The summed E-state index contributed by atoms with van der Waals surface area (Å²) in [6.45, 7) is 0. The van der Waals surface area contributed by atoms with E-state index >= 15 is 0 Å². The Bertz CT molecular complexity index is 1450. The van der Waals surface area contributed by atoms with Crippen LogP contribution < -0.4 is 24.4 Å². The predicted molar refractivity (Wildman–Crippen MR) is 142 cm³/mol. The van der Waals surface area contributed by atoms with Gasteiger partial charge in [0.25, 0.3) is 11.8 Å². The standard InChI is InChI=1S/C26H18Br2N2O7/c1-35-18-8-6-14(7-9-18)25(33)37-22-15(10-16(27)12-21(22)28)11-20-23(31)29-26(34)30(24(20)32)17-4-3-5-19(13-17)36-2/h3-13H,1-2H3,(H,29,31,34)/b20-11-. The van der Waals surface area contributed by atoms with E-state index in [1.807, 2.05) is 0 Å². The number of urea groups is 1. The molecule has 0 aliphatic carbocycles. The van der Waals surface area contributed by atoms with Gasteiger partial charge in [-0.2, -0.15) is 0 Å². The molecule has 0 saturated carbocycles. The normalized spacial score (nSPS) is 14.4. The van der Waals surface area contributed by atoms with Crippen LogP contribution in [0.1, 0.15) is 15.9 Å². The lowest BCUT2D eigenvalue weighted by Crippen LogP contribution is -2.54. The second kappa shape index (κ2) is 11.0. The first-order valence-electron chi connectivity index (χ1n) is 10.6. The van der Waals surface area contributed by atoms with Crippen LogP contribution in [0.2, 0.25) is 0 Å². The smallest absolute Gasteiger partial charge is 0.343 e. The summed E-state index contributed by atoms with van der Waals surface area (Å²) in [5.41, 5.74) is 0.369. The molecule has 0 radical (unpaired) electrons. The van der Waals surface area contributed by atoms with Crippen molar-refractivity contribution in [1.29, 1.82) is 0 Å². The second-order valence-corrected chi connectivity index (χ2v) is 9.35. The summed E-state index contributed by atoms with van der Waals surface area (Å²) >= 11 is 6.74. The summed E-state index contributed by atoms with van der Waals surface area (Å²) in [4.78, 5) is 52.2. The van der Waals surface area contributed by atoms with Crippen LogP contribution >= 0.6 is 31.9 Å². The highest BCUT2D eigenvalue weighted by Gasteiger charge is 2.37. The molecule has 4 amide bonds. The number of rotatable bonds is 6. The largest absolute Gasteiger partial charge is 0.497 e. The highest BCUT2D eigenvalue weighted by molar-refractivity contribution is 9.11. The Kier molecular flexibility index (Phi) is 7.74. The summed E-state index contributed by atoms with van der Waals surface area (Å²) in [5.74, 6) is -1.35. The molecule has 0 unspecified atom stereocenters. The summed E-state index contributed by atoms with van der Waals surface area (Å²) in [5, 5.41) is 2.17. The van der Waals surface area contributed by atoms with Gasteiger partial charge in [-0.3, -0.25) is 14.9 Å². The molecule has 0 bridgehead atoms. The van der Waals surface area contributed by atoms with Crippen molar-refractivity contribution in [1.82, 2.24) is 5.32 Å². The van der Waals surface area contributed by atoms with E-state index in [1.54, 1.807) is 48.5 Å². The maximum Gasteiger partial charge on any atom is 0.343 e. The number of nitrogens with zero attached hydrogens (tertiary/aromatic N) is 1. The van der Waals surface area contributed by atoms with Crippen LogP contribution in [0.15, 0.2) is 75.2 Å². The lowest BCUT2D eigenvalue weighted by atomic mass is 10.1. The zero-order valence-corrected chi connectivity index (χ0v) is 22.6. The molecule has 0 aromatic heterocycles. The number of methoxy groups -OCH3 is 2. The SMILES string of the molecule is COc1ccc(C(=O)Oc2c(Br)cc(Br)cc2/C=C2/C(=O)NC(=O)N(c3cccc(OC)c3)C2=O)cc1. The fraction of sp³-hybridized carbons (Fsp3) is 0.0769. The van der Waals surface area contributed by atoms with E-state index in [4.69, 9.17) is 14.2 Å². The van der Waals surface area contributed by atoms with Gasteiger partial charge in [0.2, 0.25) is 0 Å². The second-order valence-electron chi connectivity index (χ2n) is 7.58. The molecule has 188 valence electrons. The van der Waals surface area contributed by atoms with Crippen molar-refractivity contribution < 1.29 is 33.4 Å². The van der Waals surface area contributed by atoms with E-state index in [2.05, 4.69) is 37.2 Å². The third-order valence-electron chi connectivity index (χ3n) is 5.27. The number of imide groups is 2. The van der Waals surface area contributed by atoms with Crippen molar-refractivity contribution in [3.8, 4) is 17.2 Å². The number of hydrogen-bond donors (Lipinski definition) is 1. The molecule has 4 rings (SSSR count). The summed E-state index contributed by atoms with van der Waals surface area (Å²) in [6.07, 6.45) is 1.25. The van der Waals surface area contributed by atoms with Crippen LogP contribution in [0.5, 0.6) is 17.2 Å². The highest BCUT2D eigenvalue weighted by atomic mass is 79.9. The van der Waals surface area contributed by atoms with Gasteiger partial charge >= 0.3 is 12.0 Å². The minimum atomic E-state index is -0.901. The molecule has 3 aromatic carbocycles. The quantitative estimate of drug-likeness (QED) is 0.174. The molecule has 1 heterocycles. The molecule has 1 saturated heterocycles. The number of halogens is 2. The van der Waals surface area contributed by atoms with Crippen LogP contribution in [0, 0.1) is 0 Å². The van der Waals surface area contributed by atoms with Crippen LogP contribution in [0.4, 0.5) is 10.5 Å². The van der Waals surface area contributed by atoms with Crippen molar-refractivity contribution in [2.75, 3.05) is 19.1 Å². The number of anilines is 1. The zero-order chi connectivity index (χ0) is 26.7. The number of amides is 4. The zero-order valence-electron chi connectivity index (χ0n) is 19.4. The van der Waals surface area contributed by atoms with Gasteiger partial charge in [0, 0.05) is 16.1 Å². The molecule has 1 N–H and O–H groups in total. The van der Waals surface area contributed by atoms with Crippen molar-refractivity contribution in [2.45, 2.75) is 0 Å². The number of barbiturate groups is 1. The lowest BCUT2D eigenvalue weighted by molar-refractivity contribution is -0.122. The minimum Gasteiger partial charge on any atom is -0.497 e. The van der Waals surface area contributed by atoms with Crippen LogP contribution in [-0.2, 0) is 9.59 Å². The van der Waals surface area contributed by atoms with Crippen LogP contribution in [0.3, 0.4) is 0 Å². The number of ether oxygens (including phenoxy) is 3. The molecule has 1 aliphatic rings. The lowest BCUT2D eigenvalue weighted by Gasteiger charge is -2.26. The molecular formula is C26H18Br2N2O7. The van der Waals surface area contributed by atoms with Crippen molar-refractivity contribution in [3.05, 3.63) is 86.3 Å². The Labute approximate surface area is 228 Å². The van der Waals surface area contributed by atoms with Gasteiger partial charge in [0.1, 0.15) is 17.1 Å². The molecule has 3 aromatic rings. The summed E-state index contributed by atoms with van der Waals surface area (Å²) in [7, 11) is 2.96. The Balaban J connectivity index is 1.73. The third-order valence-corrected chi connectivity index (χ3v) is 6.32. The van der Waals surface area contributed by atoms with Gasteiger partial charge in [0.15, 0.2) is 5.75 Å². The fourth-order valence-electron chi connectivity index (χ4n) is 3.47. The highest BCUT2D eigenvalue weighted by Crippen LogP contribution is 2.36. The average molecular weight is 630 g/mol. The molecule has 1 aliphatic heterocycles. The average Bonchev–Trinajstić information content (AvgIpc) is 2.88. The van der Waals surface area contributed by atoms with E-state index in [0.717, 1.165) is 4.90 Å². The van der Waals surface area contributed by atoms with Crippen LogP contribution in [0.25, 0.3) is 6.08 Å². The number of hydrogen-bond acceptors (Lipinski definition) is 7.